The summed E-state index contributed by atoms with van der Waals surface area (Å²) >= 11 is 0. The molecule has 0 saturated carbocycles. The molecule has 0 amide bonds. The van der Waals surface area contributed by atoms with Crippen LogP contribution in [0.4, 0.5) is 0 Å². The van der Waals surface area contributed by atoms with E-state index in [1.807, 2.05) is 0 Å². The number of aliphatic imine (C=N–C) groups is 1. The Morgan fingerprint density at radius 2 is 1.24 bits per heavy atom. The molecule has 1 aliphatic carbocycles. The first-order chi connectivity index (χ1) is 24.7. The lowest BCUT2D eigenvalue weighted by Gasteiger charge is -2.47. The first-order valence-corrected chi connectivity index (χ1v) is 17.4. The maximum Gasteiger partial charge on any atom is 0.0769 e. The number of para-hydroxylation sites is 3. The highest BCUT2D eigenvalue weighted by Crippen LogP contribution is 2.60. The van der Waals surface area contributed by atoms with Gasteiger partial charge in [0, 0.05) is 28.5 Å². The van der Waals surface area contributed by atoms with Gasteiger partial charge in [-0.1, -0.05) is 158 Å². The van der Waals surface area contributed by atoms with Crippen molar-refractivity contribution in [2.24, 2.45) is 4.99 Å². The number of fused-ring (bicyclic) bond motifs is 10. The molecule has 0 saturated heterocycles. The molecule has 1 atom stereocenters. The van der Waals surface area contributed by atoms with Crippen LogP contribution >= 0.6 is 0 Å². The van der Waals surface area contributed by atoms with Gasteiger partial charge in [-0.3, -0.25) is 4.99 Å². The SMILES string of the molecule is C=C(C1=C(N=C(C)c2ccccc2)Cc2ccccc2C12c1ccccc1-n1c3ccccc3c3cccc2c31)c1cccc2ccccc12. The van der Waals surface area contributed by atoms with Crippen LogP contribution in [0.5, 0.6) is 0 Å². The van der Waals surface area contributed by atoms with E-state index in [1.165, 1.54) is 66.1 Å². The van der Waals surface area contributed by atoms with Gasteiger partial charge in [-0.25, -0.2) is 0 Å². The monoisotopic (exact) mass is 638 g/mol. The van der Waals surface area contributed by atoms with Crippen molar-refractivity contribution >= 4 is 43.9 Å². The topological polar surface area (TPSA) is 17.3 Å². The Balaban J connectivity index is 1.42. The molecular weight excluding hydrogens is 605 g/mol. The quantitative estimate of drug-likeness (QED) is 0.171. The van der Waals surface area contributed by atoms with Crippen LogP contribution in [0.25, 0.3) is 43.8 Å². The number of rotatable bonds is 4. The molecule has 7 aromatic carbocycles. The average molecular weight is 639 g/mol. The summed E-state index contributed by atoms with van der Waals surface area (Å²) in [6.07, 6.45) is 0.711. The molecule has 8 aromatic rings. The van der Waals surface area contributed by atoms with Crippen molar-refractivity contribution in [3.63, 3.8) is 0 Å². The summed E-state index contributed by atoms with van der Waals surface area (Å²) in [6.45, 7) is 7.19. The van der Waals surface area contributed by atoms with Crippen molar-refractivity contribution in [2.45, 2.75) is 18.8 Å². The molecule has 1 aliphatic heterocycles. The maximum absolute atomic E-state index is 5.63. The fraction of sp³-hybridized carbons (Fsp3) is 0.0625. The number of nitrogens with zero attached hydrogens (tertiary/aromatic N) is 2. The van der Waals surface area contributed by atoms with E-state index in [9.17, 15) is 0 Å². The lowest BCUT2D eigenvalue weighted by atomic mass is 9.57. The van der Waals surface area contributed by atoms with Gasteiger partial charge < -0.3 is 4.57 Å². The van der Waals surface area contributed by atoms with Gasteiger partial charge in [-0.05, 0) is 68.8 Å². The number of benzene rings is 7. The fourth-order valence-electron chi connectivity index (χ4n) is 8.99. The minimum Gasteiger partial charge on any atom is -0.309 e. The number of hydrogen-bond acceptors (Lipinski definition) is 1. The summed E-state index contributed by atoms with van der Waals surface area (Å²) in [7, 11) is 0. The second kappa shape index (κ2) is 10.9. The van der Waals surface area contributed by atoms with E-state index in [0.29, 0.717) is 6.42 Å². The van der Waals surface area contributed by atoms with E-state index in [4.69, 9.17) is 11.6 Å². The van der Waals surface area contributed by atoms with Gasteiger partial charge in [0.15, 0.2) is 0 Å². The lowest BCUT2D eigenvalue weighted by Crippen LogP contribution is -2.40. The molecule has 50 heavy (non-hydrogen) atoms. The summed E-state index contributed by atoms with van der Waals surface area (Å²) in [5.74, 6) is 0. The minimum absolute atomic E-state index is 0.681. The molecule has 0 N–H and O–H groups in total. The smallest absolute Gasteiger partial charge is 0.0769 e. The molecule has 2 aliphatic rings. The van der Waals surface area contributed by atoms with E-state index in [-0.39, 0.29) is 0 Å². The van der Waals surface area contributed by atoms with E-state index < -0.39 is 5.41 Å². The molecule has 0 radical (unpaired) electrons. The largest absolute Gasteiger partial charge is 0.309 e. The minimum atomic E-state index is -0.681. The van der Waals surface area contributed by atoms with Crippen LogP contribution < -0.4 is 0 Å². The Hall–Kier alpha value is -6.25. The second-order valence-corrected chi connectivity index (χ2v) is 13.5. The Bertz CT molecular complexity index is 2750. The predicted octanol–water partition coefficient (Wildman–Crippen LogP) is 11.6. The summed E-state index contributed by atoms with van der Waals surface area (Å²) in [6, 6.07) is 59.6. The van der Waals surface area contributed by atoms with Gasteiger partial charge >= 0.3 is 0 Å². The summed E-state index contributed by atoms with van der Waals surface area (Å²) in [5, 5.41) is 4.92. The van der Waals surface area contributed by atoms with Gasteiger partial charge in [0.05, 0.1) is 27.8 Å². The molecule has 10 rings (SSSR count). The van der Waals surface area contributed by atoms with Crippen LogP contribution in [0.15, 0.2) is 187 Å². The van der Waals surface area contributed by atoms with Gasteiger partial charge in [0.25, 0.3) is 0 Å². The third-order valence-electron chi connectivity index (χ3n) is 11.0. The number of allylic oxidation sites excluding steroid dienone is 3. The maximum atomic E-state index is 5.63. The van der Waals surface area contributed by atoms with Gasteiger partial charge in [-0.2, -0.15) is 0 Å². The highest BCUT2D eigenvalue weighted by molar-refractivity contribution is 6.13. The predicted molar refractivity (Wildman–Crippen MR) is 209 cm³/mol. The van der Waals surface area contributed by atoms with E-state index in [0.717, 1.165) is 28.1 Å². The number of aromatic nitrogens is 1. The molecule has 1 unspecified atom stereocenters. The Morgan fingerprint density at radius 3 is 2.12 bits per heavy atom. The zero-order chi connectivity index (χ0) is 33.4. The molecular formula is C48H34N2. The van der Waals surface area contributed by atoms with Gasteiger partial charge in [0.1, 0.15) is 0 Å². The van der Waals surface area contributed by atoms with Crippen LogP contribution in [-0.2, 0) is 11.8 Å². The van der Waals surface area contributed by atoms with Crippen LogP contribution in [0, 0.1) is 0 Å². The van der Waals surface area contributed by atoms with Crippen LogP contribution in [0.3, 0.4) is 0 Å². The van der Waals surface area contributed by atoms with Crippen molar-refractivity contribution in [1.29, 1.82) is 0 Å². The summed E-state index contributed by atoms with van der Waals surface area (Å²) in [5.41, 5.74) is 14.6. The van der Waals surface area contributed by atoms with Crippen molar-refractivity contribution < 1.29 is 0 Å². The van der Waals surface area contributed by atoms with Crippen molar-refractivity contribution in [3.05, 3.63) is 215 Å². The van der Waals surface area contributed by atoms with Crippen LogP contribution in [-0.4, -0.2) is 10.3 Å². The van der Waals surface area contributed by atoms with Gasteiger partial charge in [-0.15, -0.1) is 0 Å². The molecule has 0 bridgehead atoms. The first-order valence-electron chi connectivity index (χ1n) is 17.4. The summed E-state index contributed by atoms with van der Waals surface area (Å²) in [4.78, 5) is 5.63. The van der Waals surface area contributed by atoms with Crippen molar-refractivity contribution in [1.82, 2.24) is 4.57 Å². The van der Waals surface area contributed by atoms with Crippen molar-refractivity contribution in [2.75, 3.05) is 0 Å². The van der Waals surface area contributed by atoms with Crippen LogP contribution in [0.1, 0.15) is 40.3 Å². The lowest BCUT2D eigenvalue weighted by molar-refractivity contribution is 0.688. The molecule has 1 aromatic heterocycles. The Kier molecular flexibility index (Phi) is 6.25. The number of hydrogen-bond donors (Lipinski definition) is 0. The zero-order valence-corrected chi connectivity index (χ0v) is 27.9. The molecule has 1 spiro atoms. The average Bonchev–Trinajstić information content (AvgIpc) is 3.52. The van der Waals surface area contributed by atoms with E-state index in [2.05, 4.69) is 175 Å². The van der Waals surface area contributed by atoms with E-state index in [1.54, 1.807) is 0 Å². The van der Waals surface area contributed by atoms with Crippen molar-refractivity contribution in [3.8, 4) is 5.69 Å². The fourth-order valence-corrected chi connectivity index (χ4v) is 8.99. The highest BCUT2D eigenvalue weighted by atomic mass is 15.0. The molecule has 2 nitrogen and oxygen atoms in total. The second-order valence-electron chi connectivity index (χ2n) is 13.5. The standard InChI is InChI=1S/C48H34N2/c1-31(36-23-14-20-34-18-6-8-21-37(34)36)46-43(49-32(2)33-16-4-3-5-17-33)30-35-19-7-10-25-40(35)48(46)41-26-11-13-29-45(41)50-44-28-12-9-22-38(44)39-24-15-27-42(48)47(39)50/h3-29H,1,30H2,2H3. The third-order valence-corrected chi connectivity index (χ3v) is 11.0. The molecule has 2 heterocycles. The normalized spacial score (nSPS) is 16.6. The first kappa shape index (κ1) is 28.7. The Morgan fingerprint density at radius 1 is 0.600 bits per heavy atom. The third kappa shape index (κ3) is 3.88. The molecule has 0 fully saturated rings. The molecule has 2 heteroatoms. The van der Waals surface area contributed by atoms with E-state index >= 15 is 0 Å². The summed E-state index contributed by atoms with van der Waals surface area (Å²) < 4.78 is 2.49. The zero-order valence-electron chi connectivity index (χ0n) is 27.9. The van der Waals surface area contributed by atoms with Gasteiger partial charge in [0.2, 0.25) is 0 Å². The van der Waals surface area contributed by atoms with Crippen LogP contribution in [0.2, 0.25) is 0 Å². The molecule has 236 valence electrons. The highest BCUT2D eigenvalue weighted by Gasteiger charge is 2.51. The Labute approximate surface area is 292 Å².